The van der Waals surface area contributed by atoms with Crippen molar-refractivity contribution < 1.29 is 13.9 Å². The summed E-state index contributed by atoms with van der Waals surface area (Å²) in [7, 11) is 0. The lowest BCUT2D eigenvalue weighted by Gasteiger charge is -2.36. The number of nitrogens with zero attached hydrogens (tertiary/aromatic N) is 5. The van der Waals surface area contributed by atoms with Crippen molar-refractivity contribution in [2.24, 2.45) is 0 Å². The average Bonchev–Trinajstić information content (AvgIpc) is 3.51. The molecule has 0 atom stereocenters. The van der Waals surface area contributed by atoms with Crippen LogP contribution in [-0.2, 0) is 11.3 Å². The molecule has 0 spiro atoms. The summed E-state index contributed by atoms with van der Waals surface area (Å²) in [6.45, 7) is 3.62. The van der Waals surface area contributed by atoms with Gasteiger partial charge in [-0.1, -0.05) is 11.3 Å². The number of amides is 1. The van der Waals surface area contributed by atoms with Gasteiger partial charge in [-0.25, -0.2) is 9.97 Å². The molecule has 0 bridgehead atoms. The Kier molecular flexibility index (Phi) is 4.99. The lowest BCUT2D eigenvalue weighted by molar-refractivity contribution is -0.130. The van der Waals surface area contributed by atoms with Gasteiger partial charge in [0.15, 0.2) is 17.0 Å². The average molecular weight is 450 g/mol. The standard InChI is InChI=1S/C23H23N5O3S/c29-21-4-2-8-28(21)15-5-9-27(10-6-15)14-17-11-18-19(30-17)12-16(13-25-18)31-23-26-22-20(32-23)3-1-7-24-22/h1,3,7,11-13,15H,2,4-6,8-10,14H2. The fourth-order valence-electron chi connectivity index (χ4n) is 4.64. The molecule has 164 valence electrons. The second-order valence-corrected chi connectivity index (χ2v) is 9.37. The van der Waals surface area contributed by atoms with E-state index in [1.165, 1.54) is 11.3 Å². The summed E-state index contributed by atoms with van der Waals surface area (Å²) in [6.07, 6.45) is 7.19. The smallest absolute Gasteiger partial charge is 0.281 e. The number of fused-ring (bicyclic) bond motifs is 2. The van der Waals surface area contributed by atoms with Crippen LogP contribution in [0.15, 0.2) is 41.1 Å². The van der Waals surface area contributed by atoms with E-state index < -0.39 is 0 Å². The van der Waals surface area contributed by atoms with Gasteiger partial charge < -0.3 is 14.1 Å². The van der Waals surface area contributed by atoms with Crippen LogP contribution in [0.3, 0.4) is 0 Å². The molecular weight excluding hydrogens is 426 g/mol. The van der Waals surface area contributed by atoms with Gasteiger partial charge in [0, 0.05) is 50.4 Å². The number of hydrogen-bond acceptors (Lipinski definition) is 8. The summed E-state index contributed by atoms with van der Waals surface area (Å²) in [5.74, 6) is 1.81. The number of carbonyl (C=O) groups excluding carboxylic acids is 1. The molecule has 0 radical (unpaired) electrons. The number of pyridine rings is 2. The van der Waals surface area contributed by atoms with E-state index in [0.717, 1.165) is 61.4 Å². The van der Waals surface area contributed by atoms with Crippen molar-refractivity contribution in [3.05, 3.63) is 42.4 Å². The van der Waals surface area contributed by atoms with Crippen molar-refractivity contribution in [3.63, 3.8) is 0 Å². The van der Waals surface area contributed by atoms with E-state index in [0.29, 0.717) is 40.5 Å². The van der Waals surface area contributed by atoms with E-state index in [9.17, 15) is 4.79 Å². The summed E-state index contributed by atoms with van der Waals surface area (Å²) >= 11 is 1.45. The van der Waals surface area contributed by atoms with Crippen molar-refractivity contribution >= 4 is 38.7 Å². The molecule has 0 aliphatic carbocycles. The van der Waals surface area contributed by atoms with Crippen molar-refractivity contribution in [1.29, 1.82) is 0 Å². The van der Waals surface area contributed by atoms with E-state index in [2.05, 4.69) is 24.8 Å². The van der Waals surface area contributed by atoms with Crippen molar-refractivity contribution in [1.82, 2.24) is 24.8 Å². The molecule has 0 aromatic carbocycles. The van der Waals surface area contributed by atoms with Gasteiger partial charge in [-0.15, -0.1) is 0 Å². The zero-order chi connectivity index (χ0) is 21.5. The Bertz CT molecular complexity index is 1240. The van der Waals surface area contributed by atoms with Gasteiger partial charge in [0.25, 0.3) is 5.19 Å². The molecule has 2 saturated heterocycles. The summed E-state index contributed by atoms with van der Waals surface area (Å²) in [5.41, 5.74) is 2.20. The monoisotopic (exact) mass is 449 g/mol. The summed E-state index contributed by atoms with van der Waals surface area (Å²) in [5, 5.41) is 0.533. The first-order valence-corrected chi connectivity index (χ1v) is 11.8. The Hall–Kier alpha value is -3.04. The maximum absolute atomic E-state index is 12.0. The molecule has 4 aromatic heterocycles. The van der Waals surface area contributed by atoms with Crippen LogP contribution in [0, 0.1) is 0 Å². The van der Waals surface area contributed by atoms with Crippen molar-refractivity contribution in [2.75, 3.05) is 19.6 Å². The SMILES string of the molecule is O=C1CCCN1C1CCN(Cc2cc3ncc(Oc4nc5ncccc5s4)cc3o2)CC1. The number of aromatic nitrogens is 3. The number of furan rings is 1. The molecule has 2 fully saturated rings. The van der Waals surface area contributed by atoms with E-state index >= 15 is 0 Å². The minimum Gasteiger partial charge on any atom is -0.458 e. The topological polar surface area (TPSA) is 84.6 Å². The number of ether oxygens (including phenoxy) is 1. The third kappa shape index (κ3) is 3.82. The van der Waals surface area contributed by atoms with E-state index in [1.807, 2.05) is 24.3 Å². The quantitative estimate of drug-likeness (QED) is 0.451. The fourth-order valence-corrected chi connectivity index (χ4v) is 5.44. The highest BCUT2D eigenvalue weighted by molar-refractivity contribution is 7.20. The molecule has 8 nitrogen and oxygen atoms in total. The first-order chi connectivity index (χ1) is 15.7. The second kappa shape index (κ2) is 8.14. The zero-order valence-electron chi connectivity index (χ0n) is 17.6. The number of carbonyl (C=O) groups is 1. The lowest BCUT2D eigenvalue weighted by Crippen LogP contribution is -2.45. The third-order valence-corrected chi connectivity index (χ3v) is 7.12. The zero-order valence-corrected chi connectivity index (χ0v) is 18.4. The highest BCUT2D eigenvalue weighted by Gasteiger charge is 2.30. The van der Waals surface area contributed by atoms with Crippen LogP contribution < -0.4 is 4.74 Å². The number of piperidine rings is 1. The number of hydrogen-bond donors (Lipinski definition) is 0. The van der Waals surface area contributed by atoms with Crippen LogP contribution in [0.5, 0.6) is 10.9 Å². The molecule has 2 aliphatic heterocycles. The van der Waals surface area contributed by atoms with Gasteiger partial charge in [-0.05, 0) is 31.4 Å². The van der Waals surface area contributed by atoms with Crippen LogP contribution in [0.25, 0.3) is 21.4 Å². The van der Waals surface area contributed by atoms with Gasteiger partial charge >= 0.3 is 0 Å². The van der Waals surface area contributed by atoms with E-state index in [-0.39, 0.29) is 0 Å². The molecule has 6 rings (SSSR count). The Morgan fingerprint density at radius 3 is 2.91 bits per heavy atom. The van der Waals surface area contributed by atoms with Gasteiger partial charge in [0.05, 0.1) is 17.4 Å². The maximum Gasteiger partial charge on any atom is 0.281 e. The predicted molar refractivity (Wildman–Crippen MR) is 121 cm³/mol. The van der Waals surface area contributed by atoms with Gasteiger partial charge in [-0.2, -0.15) is 4.98 Å². The number of rotatable bonds is 5. The highest BCUT2D eigenvalue weighted by atomic mass is 32.1. The van der Waals surface area contributed by atoms with Gasteiger partial charge in [0.2, 0.25) is 5.91 Å². The maximum atomic E-state index is 12.0. The molecule has 0 unspecified atom stereocenters. The van der Waals surface area contributed by atoms with Gasteiger partial charge in [0.1, 0.15) is 11.3 Å². The molecular formula is C23H23N5O3S. The van der Waals surface area contributed by atoms with Crippen molar-refractivity contribution in [3.8, 4) is 10.9 Å². The van der Waals surface area contributed by atoms with Crippen LogP contribution >= 0.6 is 11.3 Å². The Labute approximate surface area is 188 Å². The molecule has 0 N–H and O–H groups in total. The molecule has 6 heterocycles. The summed E-state index contributed by atoms with van der Waals surface area (Å²) in [6, 6.07) is 8.11. The molecule has 1 amide bonds. The number of likely N-dealkylation sites (tertiary alicyclic amines) is 2. The first kappa shape index (κ1) is 19.6. The molecule has 2 aliphatic rings. The lowest BCUT2D eigenvalue weighted by atomic mass is 10.0. The first-order valence-electron chi connectivity index (χ1n) is 11.0. The van der Waals surface area contributed by atoms with E-state index in [4.69, 9.17) is 9.15 Å². The molecule has 32 heavy (non-hydrogen) atoms. The Morgan fingerprint density at radius 1 is 1.19 bits per heavy atom. The molecule has 0 saturated carbocycles. The van der Waals surface area contributed by atoms with Crippen molar-refractivity contribution in [2.45, 2.75) is 38.3 Å². The molecule has 4 aromatic rings. The van der Waals surface area contributed by atoms with Gasteiger partial charge in [-0.3, -0.25) is 9.69 Å². The van der Waals surface area contributed by atoms with Crippen LogP contribution in [0.1, 0.15) is 31.4 Å². The molecule has 9 heteroatoms. The number of thiazole rings is 1. The van der Waals surface area contributed by atoms with Crippen LogP contribution in [0.4, 0.5) is 0 Å². The predicted octanol–water partition coefficient (Wildman–Crippen LogP) is 4.21. The largest absolute Gasteiger partial charge is 0.458 e. The summed E-state index contributed by atoms with van der Waals surface area (Å²) < 4.78 is 13.0. The minimum absolute atomic E-state index is 0.326. The second-order valence-electron chi connectivity index (χ2n) is 8.37. The van der Waals surface area contributed by atoms with Crippen LogP contribution in [0.2, 0.25) is 0 Å². The summed E-state index contributed by atoms with van der Waals surface area (Å²) in [4.78, 5) is 29.6. The fraction of sp³-hybridized carbons (Fsp3) is 0.391. The third-order valence-electron chi connectivity index (χ3n) is 6.23. The normalized spacial score (nSPS) is 18.2. The van der Waals surface area contributed by atoms with E-state index in [1.54, 1.807) is 12.4 Å². The minimum atomic E-state index is 0.326. The Balaban J connectivity index is 1.11. The van der Waals surface area contributed by atoms with Crippen LogP contribution in [-0.4, -0.2) is 56.3 Å². The Morgan fingerprint density at radius 2 is 2.09 bits per heavy atom. The highest BCUT2D eigenvalue weighted by Crippen LogP contribution is 2.32.